The quantitative estimate of drug-likeness (QED) is 0.320. The second-order valence-corrected chi connectivity index (χ2v) is 9.05. The van der Waals surface area contributed by atoms with E-state index in [2.05, 4.69) is 17.2 Å². The van der Waals surface area contributed by atoms with Crippen molar-refractivity contribution in [3.8, 4) is 0 Å². The normalized spacial score (nSPS) is 13.1. The number of aliphatic hydroxyl groups excluding tert-OH is 1. The molecular weight excluding hydrogens is 421 g/mol. The number of H-pyrrole nitrogens is 1. The summed E-state index contributed by atoms with van der Waals surface area (Å²) in [7, 11) is 1.70. The number of amides is 2. The summed E-state index contributed by atoms with van der Waals surface area (Å²) in [5.41, 5.74) is 0.839. The summed E-state index contributed by atoms with van der Waals surface area (Å²) in [5.74, 6) is -1.23. The molecule has 3 N–H and O–H groups in total. The molecule has 0 saturated heterocycles. The van der Waals surface area contributed by atoms with Crippen LogP contribution >= 0.6 is 0 Å². The molecule has 2 rings (SSSR count). The smallest absolute Gasteiger partial charge is 0.268 e. The number of hydrogen-bond acceptors (Lipinski definition) is 3. The molecule has 0 saturated carbocycles. The van der Waals surface area contributed by atoms with Crippen LogP contribution in [0.25, 0.3) is 10.9 Å². The number of likely N-dealkylation sites (N-methyl/N-ethyl adjacent to an activating group) is 1. The lowest BCUT2D eigenvalue weighted by atomic mass is 10.1. The van der Waals surface area contributed by atoms with Crippen molar-refractivity contribution in [2.45, 2.75) is 90.2 Å². The van der Waals surface area contributed by atoms with Crippen LogP contribution in [0.4, 0.5) is 4.39 Å². The Kier molecular flexibility index (Phi) is 11.4. The molecule has 1 aromatic carbocycles. The van der Waals surface area contributed by atoms with Crippen LogP contribution in [0, 0.1) is 5.82 Å². The fraction of sp³-hybridized carbons (Fsp3) is 0.615. The number of nitrogens with one attached hydrogen (secondary N) is 2. The zero-order chi connectivity index (χ0) is 24.2. The van der Waals surface area contributed by atoms with Crippen LogP contribution in [0.15, 0.2) is 24.3 Å². The molecule has 2 aromatic rings. The second-order valence-electron chi connectivity index (χ2n) is 9.05. The largest absolute Gasteiger partial charge is 0.391 e. The maximum Gasteiger partial charge on any atom is 0.268 e. The summed E-state index contributed by atoms with van der Waals surface area (Å²) in [4.78, 5) is 30.0. The molecule has 0 aliphatic carbocycles. The number of nitrogens with zero attached hydrogens (tertiary/aromatic N) is 1. The van der Waals surface area contributed by atoms with Gasteiger partial charge in [-0.2, -0.15) is 0 Å². The van der Waals surface area contributed by atoms with Crippen molar-refractivity contribution >= 4 is 22.7 Å². The Bertz CT molecular complexity index is 881. The maximum atomic E-state index is 13.4. The number of unbranched alkanes of at least 4 members (excludes halogenated alkanes) is 9. The van der Waals surface area contributed by atoms with Gasteiger partial charge in [-0.1, -0.05) is 64.7 Å². The van der Waals surface area contributed by atoms with E-state index in [0.29, 0.717) is 17.4 Å². The van der Waals surface area contributed by atoms with Gasteiger partial charge < -0.3 is 20.3 Å². The molecule has 0 bridgehead atoms. The molecule has 184 valence electrons. The van der Waals surface area contributed by atoms with Gasteiger partial charge in [-0.3, -0.25) is 9.59 Å². The molecule has 0 fully saturated rings. The van der Waals surface area contributed by atoms with Crippen molar-refractivity contribution in [1.29, 1.82) is 0 Å². The lowest BCUT2D eigenvalue weighted by Gasteiger charge is -2.26. The number of hydrogen-bond donors (Lipinski definition) is 3. The molecule has 2 atom stereocenters. The van der Waals surface area contributed by atoms with E-state index >= 15 is 0 Å². The summed E-state index contributed by atoms with van der Waals surface area (Å²) in [6, 6.07) is 4.68. The summed E-state index contributed by atoms with van der Waals surface area (Å²) in [6.07, 6.45) is 11.1. The van der Waals surface area contributed by atoms with Gasteiger partial charge in [-0.25, -0.2) is 4.39 Å². The van der Waals surface area contributed by atoms with Crippen LogP contribution in [-0.2, 0) is 4.79 Å². The molecule has 1 heterocycles. The van der Waals surface area contributed by atoms with E-state index < -0.39 is 18.1 Å². The molecule has 0 spiro atoms. The third-order valence-corrected chi connectivity index (χ3v) is 6.09. The van der Waals surface area contributed by atoms with E-state index in [4.69, 9.17) is 0 Å². The monoisotopic (exact) mass is 461 g/mol. The lowest BCUT2D eigenvalue weighted by Crippen LogP contribution is -2.53. The van der Waals surface area contributed by atoms with Crippen LogP contribution in [0.1, 0.15) is 88.5 Å². The summed E-state index contributed by atoms with van der Waals surface area (Å²) >= 11 is 0. The molecule has 33 heavy (non-hydrogen) atoms. The highest BCUT2D eigenvalue weighted by Crippen LogP contribution is 2.17. The number of carbonyl (C=O) groups is 2. The Morgan fingerprint density at radius 3 is 2.24 bits per heavy atom. The molecule has 0 unspecified atom stereocenters. The fourth-order valence-corrected chi connectivity index (χ4v) is 4.02. The van der Waals surface area contributed by atoms with E-state index in [1.165, 1.54) is 70.1 Å². The van der Waals surface area contributed by atoms with Crippen molar-refractivity contribution in [3.05, 3.63) is 35.8 Å². The Morgan fingerprint density at radius 2 is 1.64 bits per heavy atom. The van der Waals surface area contributed by atoms with Crippen molar-refractivity contribution < 1.29 is 19.1 Å². The predicted molar refractivity (Wildman–Crippen MR) is 131 cm³/mol. The fourth-order valence-electron chi connectivity index (χ4n) is 4.02. The number of benzene rings is 1. The van der Waals surface area contributed by atoms with E-state index in [1.54, 1.807) is 18.0 Å². The van der Waals surface area contributed by atoms with Crippen molar-refractivity contribution in [2.75, 3.05) is 13.6 Å². The first-order chi connectivity index (χ1) is 15.8. The van der Waals surface area contributed by atoms with Gasteiger partial charge in [0.1, 0.15) is 17.6 Å². The molecule has 0 aliphatic heterocycles. The molecule has 6 nitrogen and oxygen atoms in total. The second kappa shape index (κ2) is 14.0. The number of fused-ring (bicyclic) bond motifs is 1. The third kappa shape index (κ3) is 8.80. The zero-order valence-electron chi connectivity index (χ0n) is 20.3. The van der Waals surface area contributed by atoms with Gasteiger partial charge >= 0.3 is 0 Å². The summed E-state index contributed by atoms with van der Waals surface area (Å²) < 4.78 is 13.4. The third-order valence-electron chi connectivity index (χ3n) is 6.09. The molecule has 2 amide bonds. The van der Waals surface area contributed by atoms with Gasteiger partial charge in [0.25, 0.3) is 5.91 Å². The molecule has 7 heteroatoms. The first kappa shape index (κ1) is 26.8. The SMILES string of the molecule is CCCCCCCCCCCCN(C)C(=O)[C@@H](NC(=O)c1cc2cc(F)ccc2[nH]1)[C@@H](C)O. The van der Waals surface area contributed by atoms with E-state index in [-0.39, 0.29) is 17.4 Å². The standard InChI is InChI=1S/C26H40FN3O3/c1-4-5-6-7-8-9-10-11-12-13-16-30(3)26(33)24(19(2)31)29-25(32)23-18-20-17-21(27)14-15-22(20)28-23/h14-15,17-19,24,28,31H,4-13,16H2,1-3H3,(H,29,32)/t19-,24+/m1/s1. The number of halogens is 1. The minimum Gasteiger partial charge on any atom is -0.391 e. The Labute approximate surface area is 196 Å². The van der Waals surface area contributed by atoms with Gasteiger partial charge in [0, 0.05) is 24.5 Å². The van der Waals surface area contributed by atoms with Crippen LogP contribution in [0.5, 0.6) is 0 Å². The molecule has 1 aromatic heterocycles. The number of aromatic amines is 1. The van der Waals surface area contributed by atoms with Gasteiger partial charge in [0.15, 0.2) is 0 Å². The van der Waals surface area contributed by atoms with Gasteiger partial charge in [-0.15, -0.1) is 0 Å². The van der Waals surface area contributed by atoms with Crippen LogP contribution in [0.3, 0.4) is 0 Å². The Morgan fingerprint density at radius 1 is 1.03 bits per heavy atom. The average molecular weight is 462 g/mol. The predicted octanol–water partition coefficient (Wildman–Crippen LogP) is 5.17. The van der Waals surface area contributed by atoms with Crippen molar-refractivity contribution in [1.82, 2.24) is 15.2 Å². The molecule has 0 aliphatic rings. The van der Waals surface area contributed by atoms with Gasteiger partial charge in [-0.05, 0) is 37.6 Å². The van der Waals surface area contributed by atoms with E-state index in [0.717, 1.165) is 19.3 Å². The molecular formula is C26H40FN3O3. The zero-order valence-corrected chi connectivity index (χ0v) is 20.3. The highest BCUT2D eigenvalue weighted by atomic mass is 19.1. The average Bonchev–Trinajstić information content (AvgIpc) is 3.21. The van der Waals surface area contributed by atoms with Gasteiger partial charge in [0.05, 0.1) is 6.10 Å². The summed E-state index contributed by atoms with van der Waals surface area (Å²) in [6.45, 7) is 4.30. The highest BCUT2D eigenvalue weighted by Gasteiger charge is 2.29. The number of carbonyl (C=O) groups excluding carboxylic acids is 2. The minimum absolute atomic E-state index is 0.214. The number of aromatic nitrogens is 1. The topological polar surface area (TPSA) is 85.4 Å². The van der Waals surface area contributed by atoms with Gasteiger partial charge in [0.2, 0.25) is 5.91 Å². The Hall–Kier alpha value is -2.41. The highest BCUT2D eigenvalue weighted by molar-refractivity contribution is 6.00. The minimum atomic E-state index is -1.05. The van der Waals surface area contributed by atoms with E-state index in [1.807, 2.05) is 0 Å². The van der Waals surface area contributed by atoms with Crippen LogP contribution in [-0.4, -0.2) is 52.5 Å². The van der Waals surface area contributed by atoms with Crippen LogP contribution < -0.4 is 5.32 Å². The number of rotatable bonds is 15. The molecule has 0 radical (unpaired) electrons. The van der Waals surface area contributed by atoms with E-state index in [9.17, 15) is 19.1 Å². The van der Waals surface area contributed by atoms with Crippen molar-refractivity contribution in [3.63, 3.8) is 0 Å². The first-order valence-corrected chi connectivity index (χ1v) is 12.4. The summed E-state index contributed by atoms with van der Waals surface area (Å²) in [5, 5.41) is 13.3. The first-order valence-electron chi connectivity index (χ1n) is 12.4. The van der Waals surface area contributed by atoms with Crippen LogP contribution in [0.2, 0.25) is 0 Å². The van der Waals surface area contributed by atoms with Crippen molar-refractivity contribution in [2.24, 2.45) is 0 Å². The Balaban J connectivity index is 1.76. The number of aliphatic hydroxyl groups is 1. The maximum absolute atomic E-state index is 13.4. The lowest BCUT2D eigenvalue weighted by molar-refractivity contribution is -0.134.